The van der Waals surface area contributed by atoms with Crippen molar-refractivity contribution in [1.82, 2.24) is 0 Å². The highest BCUT2D eigenvalue weighted by Crippen LogP contribution is 2.29. The standard InChI is InChI=1S/C12H13BrClNO3/c1-7-4-8(13)10(5-9(7)14)15-12(16)11-6-17-2-3-18-11/h4-5,11H,2-3,6H2,1H3,(H,15,16). The maximum Gasteiger partial charge on any atom is 0.255 e. The summed E-state index contributed by atoms with van der Waals surface area (Å²) in [5.74, 6) is -0.227. The van der Waals surface area contributed by atoms with E-state index in [4.69, 9.17) is 21.1 Å². The number of benzene rings is 1. The fraction of sp³-hybridized carbons (Fsp3) is 0.417. The highest BCUT2D eigenvalue weighted by Gasteiger charge is 2.23. The van der Waals surface area contributed by atoms with E-state index in [1.165, 1.54) is 0 Å². The number of halogens is 2. The topological polar surface area (TPSA) is 47.6 Å². The summed E-state index contributed by atoms with van der Waals surface area (Å²) in [6.45, 7) is 3.15. The quantitative estimate of drug-likeness (QED) is 0.904. The number of hydrogen-bond donors (Lipinski definition) is 1. The van der Waals surface area contributed by atoms with Gasteiger partial charge in [-0.2, -0.15) is 0 Å². The first kappa shape index (κ1) is 13.8. The number of amides is 1. The normalized spacial score (nSPS) is 19.6. The Morgan fingerprint density at radius 3 is 2.94 bits per heavy atom. The summed E-state index contributed by atoms with van der Waals surface area (Å²) >= 11 is 9.42. The zero-order valence-corrected chi connectivity index (χ0v) is 12.2. The molecule has 18 heavy (non-hydrogen) atoms. The second kappa shape index (κ2) is 6.02. The largest absolute Gasteiger partial charge is 0.376 e. The number of rotatable bonds is 2. The highest BCUT2D eigenvalue weighted by atomic mass is 79.9. The van der Waals surface area contributed by atoms with Crippen LogP contribution in [0.4, 0.5) is 5.69 Å². The SMILES string of the molecule is Cc1cc(Br)c(NC(=O)C2COCCO2)cc1Cl. The molecule has 0 radical (unpaired) electrons. The van der Waals surface area contributed by atoms with Crippen molar-refractivity contribution in [2.75, 3.05) is 25.1 Å². The Kier molecular flexibility index (Phi) is 4.61. The van der Waals surface area contributed by atoms with Crippen molar-refractivity contribution in [2.45, 2.75) is 13.0 Å². The predicted molar refractivity (Wildman–Crippen MR) is 73.1 cm³/mol. The number of hydrogen-bond acceptors (Lipinski definition) is 3. The lowest BCUT2D eigenvalue weighted by molar-refractivity contribution is -0.142. The van der Waals surface area contributed by atoms with E-state index in [0.717, 1.165) is 10.0 Å². The van der Waals surface area contributed by atoms with Crippen molar-refractivity contribution in [3.05, 3.63) is 27.2 Å². The van der Waals surface area contributed by atoms with Gasteiger partial charge in [0, 0.05) is 9.50 Å². The van der Waals surface area contributed by atoms with E-state index >= 15 is 0 Å². The maximum atomic E-state index is 11.9. The third kappa shape index (κ3) is 3.23. The van der Waals surface area contributed by atoms with Crippen molar-refractivity contribution in [2.24, 2.45) is 0 Å². The third-order valence-corrected chi connectivity index (χ3v) is 3.68. The molecule has 1 saturated heterocycles. The molecule has 4 nitrogen and oxygen atoms in total. The van der Waals surface area contributed by atoms with Crippen LogP contribution in [0.1, 0.15) is 5.56 Å². The van der Waals surface area contributed by atoms with Gasteiger partial charge in [-0.1, -0.05) is 11.6 Å². The molecule has 1 aromatic carbocycles. The van der Waals surface area contributed by atoms with Gasteiger partial charge in [-0.05, 0) is 40.5 Å². The summed E-state index contributed by atoms with van der Waals surface area (Å²) in [5.41, 5.74) is 1.57. The van der Waals surface area contributed by atoms with Crippen LogP contribution in [0, 0.1) is 6.92 Å². The molecular formula is C12H13BrClNO3. The molecular weight excluding hydrogens is 321 g/mol. The minimum absolute atomic E-state index is 0.227. The molecule has 1 aliphatic heterocycles. The minimum atomic E-state index is -0.564. The smallest absolute Gasteiger partial charge is 0.255 e. The first-order valence-corrected chi connectivity index (χ1v) is 6.71. The zero-order valence-electron chi connectivity index (χ0n) is 9.83. The van der Waals surface area contributed by atoms with Gasteiger partial charge in [-0.25, -0.2) is 0 Å². The molecule has 0 spiro atoms. The average molecular weight is 335 g/mol. The lowest BCUT2D eigenvalue weighted by atomic mass is 10.2. The summed E-state index contributed by atoms with van der Waals surface area (Å²) in [5, 5.41) is 3.38. The van der Waals surface area contributed by atoms with E-state index in [-0.39, 0.29) is 12.5 Å². The van der Waals surface area contributed by atoms with Crippen LogP contribution in [-0.2, 0) is 14.3 Å². The molecule has 98 valence electrons. The van der Waals surface area contributed by atoms with Gasteiger partial charge in [0.25, 0.3) is 5.91 Å². The molecule has 0 aromatic heterocycles. The lowest BCUT2D eigenvalue weighted by Crippen LogP contribution is -2.39. The number of carbonyl (C=O) groups excluding carboxylic acids is 1. The first-order valence-electron chi connectivity index (χ1n) is 5.54. The molecule has 1 N–H and O–H groups in total. The molecule has 0 bridgehead atoms. The Morgan fingerprint density at radius 1 is 1.50 bits per heavy atom. The molecule has 1 amide bonds. The second-order valence-corrected chi connectivity index (χ2v) is 5.27. The van der Waals surface area contributed by atoms with E-state index < -0.39 is 6.10 Å². The van der Waals surface area contributed by atoms with Gasteiger partial charge < -0.3 is 14.8 Å². The molecule has 2 rings (SSSR count). The van der Waals surface area contributed by atoms with Crippen LogP contribution >= 0.6 is 27.5 Å². The second-order valence-electron chi connectivity index (χ2n) is 4.00. The molecule has 6 heteroatoms. The Morgan fingerprint density at radius 2 is 2.28 bits per heavy atom. The van der Waals surface area contributed by atoms with E-state index in [1.54, 1.807) is 6.07 Å². The summed E-state index contributed by atoms with van der Waals surface area (Å²) in [6, 6.07) is 3.57. The maximum absolute atomic E-state index is 11.9. The van der Waals surface area contributed by atoms with E-state index in [1.807, 2.05) is 13.0 Å². The zero-order chi connectivity index (χ0) is 13.1. The van der Waals surface area contributed by atoms with Gasteiger partial charge in [-0.3, -0.25) is 4.79 Å². The van der Waals surface area contributed by atoms with Gasteiger partial charge in [0.15, 0.2) is 6.10 Å². The van der Waals surface area contributed by atoms with E-state index in [2.05, 4.69) is 21.2 Å². The van der Waals surface area contributed by atoms with Crippen molar-refractivity contribution < 1.29 is 14.3 Å². The molecule has 1 aliphatic rings. The molecule has 0 aliphatic carbocycles. The highest BCUT2D eigenvalue weighted by molar-refractivity contribution is 9.10. The van der Waals surface area contributed by atoms with Crippen LogP contribution in [0.15, 0.2) is 16.6 Å². The summed E-state index contributed by atoms with van der Waals surface area (Å²) in [6.07, 6.45) is -0.564. The lowest BCUT2D eigenvalue weighted by Gasteiger charge is -2.22. The number of ether oxygens (including phenoxy) is 2. The number of anilines is 1. The van der Waals surface area contributed by atoms with E-state index in [9.17, 15) is 4.79 Å². The fourth-order valence-electron chi connectivity index (χ4n) is 1.59. The Bertz CT molecular complexity index is 461. The molecule has 1 aromatic rings. The van der Waals surface area contributed by atoms with Crippen molar-refractivity contribution in [1.29, 1.82) is 0 Å². The Hall–Kier alpha value is -0.620. The van der Waals surface area contributed by atoms with Crippen LogP contribution in [0.5, 0.6) is 0 Å². The summed E-state index contributed by atoms with van der Waals surface area (Å²) < 4.78 is 11.3. The van der Waals surface area contributed by atoms with Crippen LogP contribution < -0.4 is 5.32 Å². The number of aryl methyl sites for hydroxylation is 1. The van der Waals surface area contributed by atoms with Crippen molar-refractivity contribution in [3.8, 4) is 0 Å². The molecule has 1 unspecified atom stereocenters. The predicted octanol–water partition coefficient (Wildman–Crippen LogP) is 2.76. The van der Waals surface area contributed by atoms with Crippen LogP contribution in [0.25, 0.3) is 0 Å². The van der Waals surface area contributed by atoms with Crippen molar-refractivity contribution >= 4 is 39.1 Å². The third-order valence-electron chi connectivity index (χ3n) is 2.61. The molecule has 1 heterocycles. The van der Waals surface area contributed by atoms with Crippen molar-refractivity contribution in [3.63, 3.8) is 0 Å². The summed E-state index contributed by atoms with van der Waals surface area (Å²) in [7, 11) is 0. The monoisotopic (exact) mass is 333 g/mol. The number of nitrogens with one attached hydrogen (secondary N) is 1. The first-order chi connectivity index (χ1) is 8.58. The minimum Gasteiger partial charge on any atom is -0.376 e. The number of carbonyl (C=O) groups is 1. The average Bonchev–Trinajstić information content (AvgIpc) is 2.37. The molecule has 0 saturated carbocycles. The van der Waals surface area contributed by atoms with Gasteiger partial charge in [0.05, 0.1) is 25.5 Å². The van der Waals surface area contributed by atoms with Gasteiger partial charge in [0.1, 0.15) is 0 Å². The Balaban J connectivity index is 2.08. The van der Waals surface area contributed by atoms with Crippen LogP contribution in [0.2, 0.25) is 5.02 Å². The summed E-state index contributed by atoms with van der Waals surface area (Å²) in [4.78, 5) is 11.9. The molecule has 1 atom stereocenters. The van der Waals surface area contributed by atoms with Gasteiger partial charge >= 0.3 is 0 Å². The van der Waals surface area contributed by atoms with Crippen LogP contribution in [0.3, 0.4) is 0 Å². The van der Waals surface area contributed by atoms with Crippen LogP contribution in [-0.4, -0.2) is 31.8 Å². The van der Waals surface area contributed by atoms with E-state index in [0.29, 0.717) is 23.9 Å². The fourth-order valence-corrected chi connectivity index (χ4v) is 2.32. The Labute approximate surface area is 119 Å². The molecule has 1 fully saturated rings. The van der Waals surface area contributed by atoms with Gasteiger partial charge in [0.2, 0.25) is 0 Å². The van der Waals surface area contributed by atoms with Gasteiger partial charge in [-0.15, -0.1) is 0 Å².